The summed E-state index contributed by atoms with van der Waals surface area (Å²) in [7, 11) is 0. The molecule has 2 heteroatoms. The molecule has 1 aliphatic rings. The van der Waals surface area contributed by atoms with Gasteiger partial charge in [-0.25, -0.2) is 0 Å². The van der Waals surface area contributed by atoms with Crippen molar-refractivity contribution in [1.82, 2.24) is 5.32 Å². The third-order valence-electron chi connectivity index (χ3n) is 3.17. The molecule has 1 aromatic carbocycles. The van der Waals surface area contributed by atoms with Gasteiger partial charge in [0.15, 0.2) is 0 Å². The first kappa shape index (κ1) is 11.6. The lowest BCUT2D eigenvalue weighted by molar-refractivity contribution is 0.516. The van der Waals surface area contributed by atoms with Gasteiger partial charge in [0.1, 0.15) is 0 Å². The summed E-state index contributed by atoms with van der Waals surface area (Å²) in [6.45, 7) is 6.42. The zero-order chi connectivity index (χ0) is 11.6. The van der Waals surface area contributed by atoms with E-state index in [0.29, 0.717) is 5.92 Å². The molecule has 1 unspecified atom stereocenters. The quantitative estimate of drug-likeness (QED) is 0.815. The van der Waals surface area contributed by atoms with Crippen LogP contribution in [0.15, 0.2) is 24.3 Å². The molecule has 0 aliphatic carbocycles. The molecule has 1 heterocycles. The van der Waals surface area contributed by atoms with E-state index in [4.69, 9.17) is 5.73 Å². The number of nitrogens with one attached hydrogen (secondary N) is 1. The smallest absolute Gasteiger partial charge is 0.0138 e. The fraction of sp³-hybridized carbons (Fsp3) is 0.571. The number of hydrogen-bond acceptors (Lipinski definition) is 2. The van der Waals surface area contributed by atoms with Crippen LogP contribution in [0.4, 0.5) is 0 Å². The van der Waals surface area contributed by atoms with Gasteiger partial charge in [-0.05, 0) is 50.3 Å². The van der Waals surface area contributed by atoms with Crippen molar-refractivity contribution >= 4 is 0 Å². The van der Waals surface area contributed by atoms with Crippen LogP contribution >= 0.6 is 0 Å². The van der Waals surface area contributed by atoms with Gasteiger partial charge in [-0.15, -0.1) is 0 Å². The second-order valence-electron chi connectivity index (χ2n) is 5.60. The first-order valence-corrected chi connectivity index (χ1v) is 6.13. The lowest BCUT2D eigenvalue weighted by Gasteiger charge is -2.19. The minimum absolute atomic E-state index is 0.115. The Balaban J connectivity index is 2.04. The molecule has 3 N–H and O–H groups in total. The standard InChI is InChI=1S/C14H22N2/c1-14(2,15)9-11-3-5-12(6-4-11)13-7-8-16-10-13/h3-6,13,16H,7-10,15H2,1-2H3. The normalized spacial score (nSPS) is 21.3. The van der Waals surface area contributed by atoms with Crippen molar-refractivity contribution in [1.29, 1.82) is 0 Å². The Morgan fingerprint density at radius 2 is 2.00 bits per heavy atom. The molecule has 0 radical (unpaired) electrons. The Kier molecular flexibility index (Phi) is 3.31. The van der Waals surface area contributed by atoms with Crippen molar-refractivity contribution in [2.75, 3.05) is 13.1 Å². The number of hydrogen-bond donors (Lipinski definition) is 2. The van der Waals surface area contributed by atoms with Gasteiger partial charge in [0.25, 0.3) is 0 Å². The lowest BCUT2D eigenvalue weighted by atomic mass is 9.93. The maximum atomic E-state index is 6.02. The maximum absolute atomic E-state index is 6.02. The molecule has 1 aliphatic heterocycles. The molecular formula is C14H22N2. The van der Waals surface area contributed by atoms with E-state index in [1.54, 1.807) is 0 Å². The van der Waals surface area contributed by atoms with Crippen molar-refractivity contribution in [3.8, 4) is 0 Å². The van der Waals surface area contributed by atoms with Gasteiger partial charge in [-0.3, -0.25) is 0 Å². The molecule has 16 heavy (non-hydrogen) atoms. The van der Waals surface area contributed by atoms with Crippen LogP contribution in [-0.4, -0.2) is 18.6 Å². The molecule has 0 spiro atoms. The van der Waals surface area contributed by atoms with E-state index >= 15 is 0 Å². The molecule has 0 aromatic heterocycles. The Bertz CT molecular complexity index is 329. The monoisotopic (exact) mass is 218 g/mol. The predicted molar refractivity (Wildman–Crippen MR) is 68.6 cm³/mol. The Morgan fingerprint density at radius 3 is 2.50 bits per heavy atom. The van der Waals surface area contributed by atoms with Crippen LogP contribution in [-0.2, 0) is 6.42 Å². The van der Waals surface area contributed by atoms with E-state index in [1.165, 1.54) is 17.5 Å². The van der Waals surface area contributed by atoms with Gasteiger partial charge in [0, 0.05) is 12.1 Å². The first-order chi connectivity index (χ1) is 7.54. The largest absolute Gasteiger partial charge is 0.325 e. The highest BCUT2D eigenvalue weighted by atomic mass is 14.9. The molecule has 0 saturated carbocycles. The molecule has 0 amide bonds. The van der Waals surface area contributed by atoms with E-state index in [2.05, 4.69) is 43.4 Å². The average Bonchev–Trinajstić information content (AvgIpc) is 2.69. The van der Waals surface area contributed by atoms with Gasteiger partial charge in [0.05, 0.1) is 0 Å². The fourth-order valence-corrected chi connectivity index (χ4v) is 2.37. The number of rotatable bonds is 3. The first-order valence-electron chi connectivity index (χ1n) is 6.13. The zero-order valence-electron chi connectivity index (χ0n) is 10.3. The van der Waals surface area contributed by atoms with Gasteiger partial charge < -0.3 is 11.1 Å². The zero-order valence-corrected chi connectivity index (χ0v) is 10.3. The van der Waals surface area contributed by atoms with E-state index < -0.39 is 0 Å². The molecule has 1 atom stereocenters. The highest BCUT2D eigenvalue weighted by Crippen LogP contribution is 2.23. The molecule has 2 rings (SSSR count). The summed E-state index contributed by atoms with van der Waals surface area (Å²) in [5, 5.41) is 3.40. The molecular weight excluding hydrogens is 196 g/mol. The third-order valence-corrected chi connectivity index (χ3v) is 3.17. The maximum Gasteiger partial charge on any atom is 0.0138 e. The van der Waals surface area contributed by atoms with Crippen LogP contribution < -0.4 is 11.1 Å². The molecule has 0 bridgehead atoms. The van der Waals surface area contributed by atoms with Crippen molar-refractivity contribution in [2.45, 2.75) is 38.1 Å². The molecule has 1 aromatic rings. The summed E-state index contributed by atoms with van der Waals surface area (Å²) in [6.07, 6.45) is 2.21. The van der Waals surface area contributed by atoms with Crippen molar-refractivity contribution in [3.05, 3.63) is 35.4 Å². The van der Waals surface area contributed by atoms with E-state index in [-0.39, 0.29) is 5.54 Å². The Hall–Kier alpha value is -0.860. The highest BCUT2D eigenvalue weighted by molar-refractivity contribution is 5.27. The summed E-state index contributed by atoms with van der Waals surface area (Å²) in [4.78, 5) is 0. The minimum Gasteiger partial charge on any atom is -0.325 e. The summed E-state index contributed by atoms with van der Waals surface area (Å²) in [5.74, 6) is 0.708. The van der Waals surface area contributed by atoms with Crippen LogP contribution in [0.1, 0.15) is 37.3 Å². The number of nitrogens with two attached hydrogens (primary N) is 1. The summed E-state index contributed by atoms with van der Waals surface area (Å²) < 4.78 is 0. The van der Waals surface area contributed by atoms with E-state index in [0.717, 1.165) is 19.5 Å². The van der Waals surface area contributed by atoms with Crippen LogP contribution in [0, 0.1) is 0 Å². The fourth-order valence-electron chi connectivity index (χ4n) is 2.37. The molecule has 1 fully saturated rings. The van der Waals surface area contributed by atoms with Crippen LogP contribution in [0.25, 0.3) is 0 Å². The molecule has 1 saturated heterocycles. The summed E-state index contributed by atoms with van der Waals surface area (Å²) >= 11 is 0. The highest BCUT2D eigenvalue weighted by Gasteiger charge is 2.17. The second kappa shape index (κ2) is 4.56. The summed E-state index contributed by atoms with van der Waals surface area (Å²) in [6, 6.07) is 8.97. The van der Waals surface area contributed by atoms with Crippen molar-refractivity contribution in [2.24, 2.45) is 5.73 Å². The Labute approximate surface area is 98.2 Å². The van der Waals surface area contributed by atoms with Gasteiger partial charge in [-0.2, -0.15) is 0 Å². The van der Waals surface area contributed by atoms with Crippen LogP contribution in [0.2, 0.25) is 0 Å². The van der Waals surface area contributed by atoms with Gasteiger partial charge in [0.2, 0.25) is 0 Å². The number of benzene rings is 1. The van der Waals surface area contributed by atoms with Gasteiger partial charge in [-0.1, -0.05) is 24.3 Å². The second-order valence-corrected chi connectivity index (χ2v) is 5.60. The molecule has 2 nitrogen and oxygen atoms in total. The topological polar surface area (TPSA) is 38.0 Å². The van der Waals surface area contributed by atoms with Gasteiger partial charge >= 0.3 is 0 Å². The van der Waals surface area contributed by atoms with Crippen LogP contribution in [0.3, 0.4) is 0 Å². The Morgan fingerprint density at radius 1 is 1.31 bits per heavy atom. The predicted octanol–water partition coefficient (Wildman–Crippen LogP) is 2.04. The minimum atomic E-state index is -0.115. The average molecular weight is 218 g/mol. The van der Waals surface area contributed by atoms with E-state index in [9.17, 15) is 0 Å². The summed E-state index contributed by atoms with van der Waals surface area (Å²) in [5.41, 5.74) is 8.70. The van der Waals surface area contributed by atoms with Crippen molar-refractivity contribution in [3.63, 3.8) is 0 Å². The van der Waals surface area contributed by atoms with Crippen molar-refractivity contribution < 1.29 is 0 Å². The van der Waals surface area contributed by atoms with Crippen LogP contribution in [0.5, 0.6) is 0 Å². The molecule has 88 valence electrons. The third kappa shape index (κ3) is 3.06. The SMILES string of the molecule is CC(C)(N)Cc1ccc(C2CCNC2)cc1. The van der Waals surface area contributed by atoms with E-state index in [1.807, 2.05) is 0 Å². The lowest BCUT2D eigenvalue weighted by Crippen LogP contribution is -2.34.